The van der Waals surface area contributed by atoms with Crippen molar-refractivity contribution in [3.8, 4) is 11.9 Å². The number of carbonyl (C=O) groups is 2. The van der Waals surface area contributed by atoms with Crippen molar-refractivity contribution >= 4 is 46.6 Å². The fourth-order valence-electron chi connectivity index (χ4n) is 4.30. The van der Waals surface area contributed by atoms with E-state index >= 15 is 0 Å². The number of likely N-dealkylation sites (N-methyl/N-ethyl adjacent to an activating group) is 1. The number of benzene rings is 3. The van der Waals surface area contributed by atoms with Gasteiger partial charge in [0.25, 0.3) is 11.8 Å². The lowest BCUT2D eigenvalue weighted by molar-refractivity contribution is -0.152. The van der Waals surface area contributed by atoms with E-state index in [0.717, 1.165) is 17.5 Å². The third-order valence-corrected chi connectivity index (χ3v) is 7.48. The third-order valence-electron chi connectivity index (χ3n) is 6.70. The topological polar surface area (TPSA) is 85.7 Å². The van der Waals surface area contributed by atoms with Crippen molar-refractivity contribution in [3.63, 3.8) is 0 Å². The number of hydrogen-bond donors (Lipinski definition) is 1. The van der Waals surface area contributed by atoms with Gasteiger partial charge in [-0.05, 0) is 60.7 Å². The van der Waals surface area contributed by atoms with Gasteiger partial charge in [0.15, 0.2) is 11.8 Å². The summed E-state index contributed by atoms with van der Waals surface area (Å²) in [7, 11) is 1.51. The lowest BCUT2D eigenvalue weighted by Crippen LogP contribution is -2.61. The van der Waals surface area contributed by atoms with Crippen molar-refractivity contribution in [2.75, 3.05) is 7.05 Å². The Hall–Kier alpha value is -3.44. The van der Waals surface area contributed by atoms with E-state index in [9.17, 15) is 14.9 Å². The summed E-state index contributed by atoms with van der Waals surface area (Å²) >= 11 is 18.3. The molecular weight excluding hydrogens is 559 g/mol. The van der Waals surface area contributed by atoms with Crippen molar-refractivity contribution in [3.05, 3.63) is 99.0 Å². The Labute approximate surface area is 242 Å². The van der Waals surface area contributed by atoms with Crippen LogP contribution in [0.5, 0.6) is 5.75 Å². The van der Waals surface area contributed by atoms with Crippen molar-refractivity contribution < 1.29 is 14.3 Å². The molecule has 1 saturated carbocycles. The van der Waals surface area contributed by atoms with Crippen molar-refractivity contribution in [1.29, 1.82) is 5.26 Å². The second-order valence-electron chi connectivity index (χ2n) is 9.39. The Bertz CT molecular complexity index is 1360. The zero-order valence-corrected chi connectivity index (χ0v) is 23.5. The van der Waals surface area contributed by atoms with E-state index in [-0.39, 0.29) is 13.0 Å². The minimum absolute atomic E-state index is 0.157. The molecule has 0 aromatic heterocycles. The number of nitrogens with one attached hydrogen (secondary N) is 1. The summed E-state index contributed by atoms with van der Waals surface area (Å²) in [6.07, 6.45) is 4.02. The van der Waals surface area contributed by atoms with Crippen LogP contribution in [-0.4, -0.2) is 40.5 Å². The number of carbonyl (C=O) groups excluding carboxylic acids is 2. The minimum atomic E-state index is -1.16. The average molecular weight is 586 g/mol. The third kappa shape index (κ3) is 6.96. The van der Waals surface area contributed by atoms with E-state index in [2.05, 4.69) is 11.5 Å². The minimum Gasteiger partial charge on any atom is -0.476 e. The maximum atomic E-state index is 13.7. The molecule has 0 unspecified atom stereocenters. The van der Waals surface area contributed by atoms with Crippen LogP contribution in [0.2, 0.25) is 15.1 Å². The van der Waals surface area contributed by atoms with Crippen molar-refractivity contribution in [2.24, 2.45) is 0 Å². The molecule has 10 heteroatoms. The van der Waals surface area contributed by atoms with Gasteiger partial charge < -0.3 is 10.1 Å². The summed E-state index contributed by atoms with van der Waals surface area (Å²) in [6, 6.07) is 20.2. The molecule has 0 saturated heterocycles. The summed E-state index contributed by atoms with van der Waals surface area (Å²) in [5, 5.41) is 16.5. The number of rotatable bonds is 10. The standard InChI is InChI=1S/C29H27Cl3N4O3/c1-35(36(19-33)18-21-8-10-22(30)11-9-21)27(37)25(16-20-6-3-2-4-7-20)34-28(38)29(14-5-15-29)39-26-13-12-23(31)17-24(26)32/h2-4,6-13,17,25H,5,14-16,18H2,1H3,(H,34,38)/t25-/m0/s1. The molecule has 0 heterocycles. The number of hydrazine groups is 1. The fourth-order valence-corrected chi connectivity index (χ4v) is 4.87. The lowest BCUT2D eigenvalue weighted by Gasteiger charge is -2.41. The molecule has 3 aromatic carbocycles. The highest BCUT2D eigenvalue weighted by atomic mass is 35.5. The normalized spacial score (nSPS) is 14.3. The van der Waals surface area contributed by atoms with Crippen LogP contribution in [0.4, 0.5) is 0 Å². The van der Waals surface area contributed by atoms with Crippen LogP contribution in [-0.2, 0) is 22.6 Å². The predicted octanol–water partition coefficient (Wildman–Crippen LogP) is 6.03. The summed E-state index contributed by atoms with van der Waals surface area (Å²) < 4.78 is 6.13. The highest BCUT2D eigenvalue weighted by molar-refractivity contribution is 6.35. The number of nitrogens with zero attached hydrogens (tertiary/aromatic N) is 3. The van der Waals surface area contributed by atoms with Gasteiger partial charge in [0.05, 0.1) is 11.6 Å². The van der Waals surface area contributed by atoms with Crippen molar-refractivity contribution in [2.45, 2.75) is 43.9 Å². The second kappa shape index (κ2) is 12.6. The van der Waals surface area contributed by atoms with Gasteiger partial charge in [-0.3, -0.25) is 9.59 Å². The number of amides is 2. The summed E-state index contributed by atoms with van der Waals surface area (Å²) in [5.74, 6) is -0.511. The van der Waals surface area contributed by atoms with E-state index in [1.165, 1.54) is 17.1 Å². The van der Waals surface area contributed by atoms with Crippen LogP contribution in [0.1, 0.15) is 30.4 Å². The molecule has 0 radical (unpaired) electrons. The largest absolute Gasteiger partial charge is 0.476 e. The zero-order chi connectivity index (χ0) is 28.0. The first kappa shape index (κ1) is 28.6. The van der Waals surface area contributed by atoms with Crippen LogP contribution >= 0.6 is 34.8 Å². The first-order chi connectivity index (χ1) is 18.7. The molecule has 1 fully saturated rings. The lowest BCUT2D eigenvalue weighted by atomic mass is 9.78. The molecule has 39 heavy (non-hydrogen) atoms. The predicted molar refractivity (Wildman–Crippen MR) is 151 cm³/mol. The summed E-state index contributed by atoms with van der Waals surface area (Å²) in [4.78, 5) is 27.4. The monoisotopic (exact) mass is 584 g/mol. The van der Waals surface area contributed by atoms with Gasteiger partial charge in [0.1, 0.15) is 11.8 Å². The van der Waals surface area contributed by atoms with Crippen LogP contribution in [0, 0.1) is 11.5 Å². The highest BCUT2D eigenvalue weighted by Gasteiger charge is 2.48. The first-order valence-electron chi connectivity index (χ1n) is 12.4. The summed E-state index contributed by atoms with van der Waals surface area (Å²) in [6.45, 7) is 0.157. The Morgan fingerprint density at radius 2 is 1.67 bits per heavy atom. The van der Waals surface area contributed by atoms with Crippen LogP contribution in [0.3, 0.4) is 0 Å². The van der Waals surface area contributed by atoms with Gasteiger partial charge >= 0.3 is 0 Å². The molecule has 1 atom stereocenters. The Balaban J connectivity index is 1.55. The smallest absolute Gasteiger partial charge is 0.264 e. The molecule has 0 aliphatic heterocycles. The second-order valence-corrected chi connectivity index (χ2v) is 10.7. The van der Waals surface area contributed by atoms with E-state index in [4.69, 9.17) is 39.5 Å². The van der Waals surface area contributed by atoms with Gasteiger partial charge in [-0.1, -0.05) is 77.3 Å². The molecule has 1 N–H and O–H groups in total. The quantitative estimate of drug-likeness (QED) is 0.178. The van der Waals surface area contributed by atoms with Gasteiger partial charge in [0, 0.05) is 23.5 Å². The molecule has 3 aromatic rings. The molecular formula is C29H27Cl3N4O3. The van der Waals surface area contributed by atoms with E-state index in [0.29, 0.717) is 33.7 Å². The van der Waals surface area contributed by atoms with E-state index in [1.807, 2.05) is 30.3 Å². The van der Waals surface area contributed by atoms with Crippen molar-refractivity contribution in [1.82, 2.24) is 15.3 Å². The number of nitriles is 1. The molecule has 0 bridgehead atoms. The Morgan fingerprint density at radius 3 is 2.26 bits per heavy atom. The SMILES string of the molecule is CN(C(=O)[C@H](Cc1ccccc1)NC(=O)C1(Oc2ccc(Cl)cc2Cl)CCC1)N(C#N)Cc1ccc(Cl)cc1. The van der Waals surface area contributed by atoms with Gasteiger partial charge in [-0.15, -0.1) is 0 Å². The molecule has 1 aliphatic rings. The number of hydrogen-bond acceptors (Lipinski definition) is 5. The molecule has 1 aliphatic carbocycles. The maximum absolute atomic E-state index is 13.7. The van der Waals surface area contributed by atoms with E-state index in [1.54, 1.807) is 42.5 Å². The highest BCUT2D eigenvalue weighted by Crippen LogP contribution is 2.40. The summed E-state index contributed by atoms with van der Waals surface area (Å²) in [5.41, 5.74) is 0.490. The van der Waals surface area contributed by atoms with Crippen LogP contribution in [0.15, 0.2) is 72.8 Å². The van der Waals surface area contributed by atoms with E-state index < -0.39 is 23.5 Å². The fraction of sp³-hybridized carbons (Fsp3) is 0.276. The molecule has 0 spiro atoms. The maximum Gasteiger partial charge on any atom is 0.264 e. The van der Waals surface area contributed by atoms with Crippen LogP contribution in [0.25, 0.3) is 0 Å². The number of ether oxygens (including phenoxy) is 1. The first-order valence-corrected chi connectivity index (χ1v) is 13.5. The Kier molecular flexibility index (Phi) is 9.24. The molecule has 4 rings (SSSR count). The van der Waals surface area contributed by atoms with Gasteiger partial charge in [0.2, 0.25) is 0 Å². The number of halogens is 3. The molecule has 2 amide bonds. The average Bonchev–Trinajstić information content (AvgIpc) is 2.90. The molecule has 202 valence electrons. The zero-order valence-electron chi connectivity index (χ0n) is 21.2. The Morgan fingerprint density at radius 1 is 1.00 bits per heavy atom. The van der Waals surface area contributed by atoms with Gasteiger partial charge in [-0.2, -0.15) is 5.26 Å². The molecule has 7 nitrogen and oxygen atoms in total. The van der Waals surface area contributed by atoms with Gasteiger partial charge in [-0.25, -0.2) is 10.0 Å². The van der Waals surface area contributed by atoms with Crippen LogP contribution < -0.4 is 10.1 Å².